The van der Waals surface area contributed by atoms with Crippen molar-refractivity contribution in [2.45, 2.75) is 26.2 Å². The Balaban J connectivity index is 2.37. The predicted molar refractivity (Wildman–Crippen MR) is 83.2 cm³/mol. The van der Waals surface area contributed by atoms with Crippen LogP contribution in [0.5, 0.6) is 11.5 Å². The number of carbonyl (C=O) groups is 1. The lowest BCUT2D eigenvalue weighted by Gasteiger charge is -2.19. The molecule has 0 bridgehead atoms. The van der Waals surface area contributed by atoms with Crippen LogP contribution in [0.2, 0.25) is 0 Å². The summed E-state index contributed by atoms with van der Waals surface area (Å²) >= 11 is 0. The average molecular weight is 284 g/mol. The molecule has 0 aliphatic heterocycles. The normalized spacial score (nSPS) is 11.2. The minimum Gasteiger partial charge on any atom is -0.504 e. The Morgan fingerprint density at radius 2 is 1.67 bits per heavy atom. The van der Waals surface area contributed by atoms with E-state index in [0.29, 0.717) is 11.3 Å². The van der Waals surface area contributed by atoms with Crippen LogP contribution in [-0.2, 0) is 5.41 Å². The Morgan fingerprint density at radius 1 is 1.05 bits per heavy atom. The van der Waals surface area contributed by atoms with Crippen molar-refractivity contribution in [3.8, 4) is 11.5 Å². The van der Waals surface area contributed by atoms with Crippen LogP contribution in [0.25, 0.3) is 0 Å². The van der Waals surface area contributed by atoms with Crippen LogP contribution in [0.1, 0.15) is 42.3 Å². The fourth-order valence-corrected chi connectivity index (χ4v) is 2.15. The van der Waals surface area contributed by atoms with Crippen molar-refractivity contribution < 1.29 is 14.6 Å². The Hall–Kier alpha value is -2.29. The molecule has 0 heterocycles. The second-order valence-corrected chi connectivity index (χ2v) is 6.01. The number of para-hydroxylation sites is 1. The van der Waals surface area contributed by atoms with Gasteiger partial charge in [-0.25, -0.2) is 0 Å². The van der Waals surface area contributed by atoms with Gasteiger partial charge in [0.2, 0.25) is 0 Å². The van der Waals surface area contributed by atoms with Gasteiger partial charge in [0.05, 0.1) is 12.7 Å². The predicted octanol–water partition coefficient (Wildman–Crippen LogP) is 3.93. The summed E-state index contributed by atoms with van der Waals surface area (Å²) in [7, 11) is 1.46. The number of rotatable bonds is 3. The van der Waals surface area contributed by atoms with Gasteiger partial charge in [-0.2, -0.15) is 0 Å². The van der Waals surface area contributed by atoms with Gasteiger partial charge in [-0.05, 0) is 23.1 Å². The molecule has 0 radical (unpaired) electrons. The highest BCUT2D eigenvalue weighted by atomic mass is 16.5. The average Bonchev–Trinajstić information content (AvgIpc) is 2.46. The molecule has 3 heteroatoms. The van der Waals surface area contributed by atoms with Gasteiger partial charge in [0.15, 0.2) is 17.3 Å². The minimum absolute atomic E-state index is 0.0414. The number of phenols is 1. The van der Waals surface area contributed by atoms with Gasteiger partial charge in [0, 0.05) is 5.56 Å². The number of phenolic OH excluding ortho intramolecular Hbond substituents is 1. The summed E-state index contributed by atoms with van der Waals surface area (Å²) < 4.78 is 5.03. The third-order valence-corrected chi connectivity index (χ3v) is 3.48. The fourth-order valence-electron chi connectivity index (χ4n) is 2.15. The number of carbonyl (C=O) groups excluding carboxylic acids is 1. The van der Waals surface area contributed by atoms with E-state index in [0.717, 1.165) is 5.56 Å². The molecule has 0 spiro atoms. The topological polar surface area (TPSA) is 46.5 Å². The maximum Gasteiger partial charge on any atom is 0.196 e. The van der Waals surface area contributed by atoms with Crippen molar-refractivity contribution in [1.29, 1.82) is 0 Å². The molecule has 0 unspecified atom stereocenters. The molecule has 0 amide bonds. The minimum atomic E-state index is -0.216. The zero-order valence-corrected chi connectivity index (χ0v) is 12.8. The molecule has 21 heavy (non-hydrogen) atoms. The van der Waals surface area contributed by atoms with E-state index in [1.54, 1.807) is 30.3 Å². The molecule has 2 aromatic carbocycles. The van der Waals surface area contributed by atoms with Crippen LogP contribution in [-0.4, -0.2) is 18.0 Å². The number of hydrogen-bond acceptors (Lipinski definition) is 3. The van der Waals surface area contributed by atoms with Crippen LogP contribution < -0.4 is 4.74 Å². The molecule has 0 aliphatic carbocycles. The van der Waals surface area contributed by atoms with Crippen molar-refractivity contribution in [3.05, 3.63) is 59.2 Å². The Labute approximate surface area is 125 Å². The SMILES string of the molecule is COc1cccc(C(=O)c2ccc(C(C)(C)C)cc2)c1O. The third kappa shape index (κ3) is 3.07. The molecule has 1 N–H and O–H groups in total. The van der Waals surface area contributed by atoms with E-state index in [1.807, 2.05) is 12.1 Å². The smallest absolute Gasteiger partial charge is 0.196 e. The summed E-state index contributed by atoms with van der Waals surface area (Å²) in [5, 5.41) is 10.1. The lowest BCUT2D eigenvalue weighted by molar-refractivity contribution is 0.103. The molecule has 0 aliphatic rings. The maximum atomic E-state index is 12.5. The summed E-state index contributed by atoms with van der Waals surface area (Å²) in [6.07, 6.45) is 0. The van der Waals surface area contributed by atoms with Crippen LogP contribution in [0.15, 0.2) is 42.5 Å². The van der Waals surface area contributed by atoms with Crippen molar-refractivity contribution in [2.75, 3.05) is 7.11 Å². The number of hydrogen-bond donors (Lipinski definition) is 1. The van der Waals surface area contributed by atoms with Crippen LogP contribution in [0.3, 0.4) is 0 Å². The molecule has 0 atom stereocenters. The number of benzene rings is 2. The molecular weight excluding hydrogens is 264 g/mol. The molecule has 2 aromatic rings. The highest BCUT2D eigenvalue weighted by Gasteiger charge is 2.18. The largest absolute Gasteiger partial charge is 0.504 e. The Kier molecular flexibility index (Phi) is 4.03. The number of methoxy groups -OCH3 is 1. The van der Waals surface area contributed by atoms with Gasteiger partial charge >= 0.3 is 0 Å². The Bertz CT molecular complexity index is 649. The first-order chi connectivity index (χ1) is 9.84. The summed E-state index contributed by atoms with van der Waals surface area (Å²) in [4.78, 5) is 12.5. The van der Waals surface area contributed by atoms with Crippen molar-refractivity contribution in [2.24, 2.45) is 0 Å². The van der Waals surface area contributed by atoms with Gasteiger partial charge in [-0.1, -0.05) is 51.1 Å². The molecule has 0 aromatic heterocycles. The molecule has 0 saturated carbocycles. The lowest BCUT2D eigenvalue weighted by Crippen LogP contribution is -2.11. The Morgan fingerprint density at radius 3 is 2.19 bits per heavy atom. The monoisotopic (exact) mass is 284 g/mol. The molecule has 2 rings (SSSR count). The van der Waals surface area contributed by atoms with Gasteiger partial charge < -0.3 is 9.84 Å². The standard InChI is InChI=1S/C18H20O3/c1-18(2,3)13-10-8-12(9-11-13)16(19)14-6-5-7-15(21-4)17(14)20/h5-11,20H,1-4H3. The third-order valence-electron chi connectivity index (χ3n) is 3.48. The van der Waals surface area contributed by atoms with Gasteiger partial charge in [0.25, 0.3) is 0 Å². The van der Waals surface area contributed by atoms with E-state index < -0.39 is 0 Å². The van der Waals surface area contributed by atoms with Crippen LogP contribution in [0, 0.1) is 0 Å². The lowest BCUT2D eigenvalue weighted by atomic mass is 9.86. The quantitative estimate of drug-likeness (QED) is 0.869. The fraction of sp³-hybridized carbons (Fsp3) is 0.278. The second-order valence-electron chi connectivity index (χ2n) is 6.01. The van der Waals surface area contributed by atoms with Gasteiger partial charge in [0.1, 0.15) is 0 Å². The molecule has 110 valence electrons. The first kappa shape index (κ1) is 15.1. The highest BCUT2D eigenvalue weighted by Crippen LogP contribution is 2.31. The summed E-state index contributed by atoms with van der Waals surface area (Å²) in [6.45, 7) is 6.37. The second kappa shape index (κ2) is 5.60. The van der Waals surface area contributed by atoms with Crippen molar-refractivity contribution in [3.63, 3.8) is 0 Å². The van der Waals surface area contributed by atoms with E-state index in [1.165, 1.54) is 7.11 Å². The number of ether oxygens (including phenoxy) is 1. The van der Waals surface area contributed by atoms with E-state index in [2.05, 4.69) is 20.8 Å². The van der Waals surface area contributed by atoms with Crippen LogP contribution in [0.4, 0.5) is 0 Å². The van der Waals surface area contributed by atoms with E-state index in [-0.39, 0.29) is 22.5 Å². The van der Waals surface area contributed by atoms with Crippen LogP contribution >= 0.6 is 0 Å². The molecule has 3 nitrogen and oxygen atoms in total. The number of ketones is 1. The molecule has 0 saturated heterocycles. The van der Waals surface area contributed by atoms with Gasteiger partial charge in [-0.15, -0.1) is 0 Å². The zero-order valence-electron chi connectivity index (χ0n) is 12.8. The summed E-state index contributed by atoms with van der Waals surface area (Å²) in [6, 6.07) is 12.4. The first-order valence-corrected chi connectivity index (χ1v) is 6.86. The summed E-state index contributed by atoms with van der Waals surface area (Å²) in [5.74, 6) is -0.0380. The molecule has 0 fully saturated rings. The number of aromatic hydroxyl groups is 1. The van der Waals surface area contributed by atoms with E-state index >= 15 is 0 Å². The van der Waals surface area contributed by atoms with E-state index in [9.17, 15) is 9.90 Å². The zero-order chi connectivity index (χ0) is 15.6. The van der Waals surface area contributed by atoms with Gasteiger partial charge in [-0.3, -0.25) is 4.79 Å². The molecular formula is C18H20O3. The highest BCUT2D eigenvalue weighted by molar-refractivity contribution is 6.11. The van der Waals surface area contributed by atoms with E-state index in [4.69, 9.17) is 4.74 Å². The maximum absolute atomic E-state index is 12.5. The van der Waals surface area contributed by atoms with Crippen molar-refractivity contribution >= 4 is 5.78 Å². The first-order valence-electron chi connectivity index (χ1n) is 6.86. The summed E-state index contributed by atoms with van der Waals surface area (Å²) in [5.41, 5.74) is 2.00. The van der Waals surface area contributed by atoms with Crippen molar-refractivity contribution in [1.82, 2.24) is 0 Å².